The van der Waals surface area contributed by atoms with E-state index in [4.69, 9.17) is 17.3 Å². The highest BCUT2D eigenvalue weighted by Gasteiger charge is 2.18. The van der Waals surface area contributed by atoms with Crippen molar-refractivity contribution < 1.29 is 0 Å². The molecule has 0 aliphatic carbocycles. The summed E-state index contributed by atoms with van der Waals surface area (Å²) >= 11 is 6.20. The monoisotopic (exact) mass is 301 g/mol. The first-order valence-electron chi connectivity index (χ1n) is 7.53. The van der Waals surface area contributed by atoms with Gasteiger partial charge >= 0.3 is 0 Å². The molecule has 1 atom stereocenters. The largest absolute Gasteiger partial charge is 0.324 e. The van der Waals surface area contributed by atoms with Crippen LogP contribution in [-0.4, -0.2) is 0 Å². The summed E-state index contributed by atoms with van der Waals surface area (Å²) in [7, 11) is 0. The highest BCUT2D eigenvalue weighted by molar-refractivity contribution is 6.31. The second kappa shape index (κ2) is 6.64. The topological polar surface area (TPSA) is 26.0 Å². The summed E-state index contributed by atoms with van der Waals surface area (Å²) in [5.41, 5.74) is 10.2. The van der Waals surface area contributed by atoms with Gasteiger partial charge in [0.25, 0.3) is 0 Å². The van der Waals surface area contributed by atoms with Crippen molar-refractivity contribution in [2.24, 2.45) is 5.73 Å². The molecule has 2 rings (SSSR count). The minimum atomic E-state index is -0.0244. The Morgan fingerprint density at radius 1 is 1.05 bits per heavy atom. The van der Waals surface area contributed by atoms with Crippen molar-refractivity contribution in [1.29, 1.82) is 0 Å². The van der Waals surface area contributed by atoms with Crippen molar-refractivity contribution in [3.63, 3.8) is 0 Å². The number of hydrogen-bond acceptors (Lipinski definition) is 1. The molecule has 0 bridgehead atoms. The summed E-state index contributed by atoms with van der Waals surface area (Å²) in [5.74, 6) is 0. The van der Waals surface area contributed by atoms with Crippen LogP contribution in [0.3, 0.4) is 0 Å². The lowest BCUT2D eigenvalue weighted by Crippen LogP contribution is -2.17. The highest BCUT2D eigenvalue weighted by Crippen LogP contribution is 2.28. The Morgan fingerprint density at radius 2 is 1.67 bits per heavy atom. The summed E-state index contributed by atoms with van der Waals surface area (Å²) in [4.78, 5) is 0. The molecule has 0 aliphatic rings. The molecule has 0 saturated carbocycles. The van der Waals surface area contributed by atoms with Crippen LogP contribution >= 0.6 is 11.6 Å². The molecule has 0 aliphatic heterocycles. The third-order valence-corrected chi connectivity index (χ3v) is 4.77. The molecule has 0 fully saturated rings. The molecule has 0 aromatic heterocycles. The van der Waals surface area contributed by atoms with Crippen molar-refractivity contribution in [2.45, 2.75) is 45.1 Å². The van der Waals surface area contributed by atoms with Gasteiger partial charge in [-0.2, -0.15) is 0 Å². The smallest absolute Gasteiger partial charge is 0.0438 e. The van der Waals surface area contributed by atoms with Crippen LogP contribution in [0, 0.1) is 0 Å². The molecule has 21 heavy (non-hydrogen) atoms. The summed E-state index contributed by atoms with van der Waals surface area (Å²) in [5, 5.41) is 0.789. The Balaban J connectivity index is 2.14. The van der Waals surface area contributed by atoms with E-state index in [-0.39, 0.29) is 11.5 Å². The first-order chi connectivity index (χ1) is 9.94. The van der Waals surface area contributed by atoms with Crippen LogP contribution in [0.2, 0.25) is 5.02 Å². The molecule has 2 aromatic rings. The molecular weight excluding hydrogens is 278 g/mol. The van der Waals surface area contributed by atoms with Crippen LogP contribution in [0.4, 0.5) is 0 Å². The number of benzene rings is 2. The number of nitrogens with two attached hydrogens (primary N) is 1. The second-order valence-corrected chi connectivity index (χ2v) is 6.67. The molecule has 1 nitrogen and oxygen atoms in total. The van der Waals surface area contributed by atoms with Crippen LogP contribution in [0.1, 0.15) is 49.9 Å². The van der Waals surface area contributed by atoms with Crippen LogP contribution in [0.5, 0.6) is 0 Å². The molecule has 0 heterocycles. The van der Waals surface area contributed by atoms with Gasteiger partial charge in [-0.1, -0.05) is 74.8 Å². The van der Waals surface area contributed by atoms with E-state index in [1.807, 2.05) is 24.3 Å². The van der Waals surface area contributed by atoms with Gasteiger partial charge < -0.3 is 5.73 Å². The molecule has 1 unspecified atom stereocenters. The van der Waals surface area contributed by atoms with Gasteiger partial charge in [0, 0.05) is 11.1 Å². The molecule has 2 aromatic carbocycles. The second-order valence-electron chi connectivity index (χ2n) is 6.26. The maximum atomic E-state index is 6.33. The van der Waals surface area contributed by atoms with Gasteiger partial charge in [0.1, 0.15) is 0 Å². The van der Waals surface area contributed by atoms with E-state index in [2.05, 4.69) is 45.0 Å². The van der Waals surface area contributed by atoms with Crippen molar-refractivity contribution in [3.05, 3.63) is 70.2 Å². The van der Waals surface area contributed by atoms with Gasteiger partial charge in [-0.15, -0.1) is 0 Å². The number of hydrogen-bond donors (Lipinski definition) is 1. The lowest BCUT2D eigenvalue weighted by atomic mass is 9.81. The zero-order chi connectivity index (χ0) is 15.5. The average Bonchev–Trinajstić information content (AvgIpc) is 2.49. The van der Waals surface area contributed by atoms with Gasteiger partial charge in [-0.3, -0.25) is 0 Å². The maximum absolute atomic E-state index is 6.33. The van der Waals surface area contributed by atoms with E-state index in [1.54, 1.807) is 0 Å². The van der Waals surface area contributed by atoms with Crippen LogP contribution in [-0.2, 0) is 11.8 Å². The van der Waals surface area contributed by atoms with Crippen molar-refractivity contribution in [3.8, 4) is 0 Å². The maximum Gasteiger partial charge on any atom is 0.0438 e. The van der Waals surface area contributed by atoms with E-state index >= 15 is 0 Å². The van der Waals surface area contributed by atoms with Crippen molar-refractivity contribution in [2.75, 3.05) is 0 Å². The lowest BCUT2D eigenvalue weighted by molar-refractivity contribution is 0.506. The summed E-state index contributed by atoms with van der Waals surface area (Å²) in [6, 6.07) is 16.6. The summed E-state index contributed by atoms with van der Waals surface area (Å²) < 4.78 is 0. The Kier molecular flexibility index (Phi) is 5.08. The Bertz CT molecular complexity index is 587. The zero-order valence-electron chi connectivity index (χ0n) is 13.1. The molecule has 2 N–H and O–H groups in total. The van der Waals surface area contributed by atoms with E-state index in [0.29, 0.717) is 0 Å². The van der Waals surface area contributed by atoms with Gasteiger partial charge in [-0.25, -0.2) is 0 Å². The quantitative estimate of drug-likeness (QED) is 0.800. The minimum absolute atomic E-state index is 0.0244. The molecule has 0 amide bonds. The normalized spacial score (nSPS) is 13.2. The average molecular weight is 302 g/mol. The van der Waals surface area contributed by atoms with Gasteiger partial charge in [-0.05, 0) is 41.0 Å². The third kappa shape index (κ3) is 3.87. The molecule has 112 valence electrons. The van der Waals surface area contributed by atoms with Gasteiger partial charge in [0.2, 0.25) is 0 Å². The SMILES string of the molecule is CCC(C)(C)c1ccc(C(N)Cc2ccccc2Cl)cc1. The summed E-state index contributed by atoms with van der Waals surface area (Å²) in [6.45, 7) is 6.76. The van der Waals surface area contributed by atoms with Crippen LogP contribution in [0.15, 0.2) is 48.5 Å². The fraction of sp³-hybridized carbons (Fsp3) is 0.368. The minimum Gasteiger partial charge on any atom is -0.324 e. The van der Waals surface area contributed by atoms with Crippen molar-refractivity contribution in [1.82, 2.24) is 0 Å². The predicted octanol–water partition coefficient (Wildman–Crippen LogP) is 5.27. The molecule has 0 spiro atoms. The lowest BCUT2D eigenvalue weighted by Gasteiger charge is -2.24. The molecule has 0 radical (unpaired) electrons. The van der Waals surface area contributed by atoms with Crippen molar-refractivity contribution >= 4 is 11.6 Å². The molecule has 0 saturated heterocycles. The molecule has 2 heteroatoms. The fourth-order valence-corrected chi connectivity index (χ4v) is 2.62. The van der Waals surface area contributed by atoms with E-state index in [0.717, 1.165) is 29.0 Å². The van der Waals surface area contributed by atoms with Crippen LogP contribution < -0.4 is 5.73 Å². The fourth-order valence-electron chi connectivity index (χ4n) is 2.40. The van der Waals surface area contributed by atoms with E-state index in [1.165, 1.54) is 5.56 Å². The Morgan fingerprint density at radius 3 is 2.24 bits per heavy atom. The van der Waals surface area contributed by atoms with Crippen LogP contribution in [0.25, 0.3) is 0 Å². The Labute approximate surface area is 133 Å². The number of halogens is 1. The standard InChI is InChI=1S/C19H24ClN/c1-4-19(2,3)16-11-9-14(10-12-16)18(21)13-15-7-5-6-8-17(15)20/h5-12,18H,4,13,21H2,1-3H3. The third-order valence-electron chi connectivity index (χ3n) is 4.40. The zero-order valence-corrected chi connectivity index (χ0v) is 13.8. The van der Waals surface area contributed by atoms with Gasteiger partial charge in [0.15, 0.2) is 0 Å². The highest BCUT2D eigenvalue weighted by atomic mass is 35.5. The number of rotatable bonds is 5. The van der Waals surface area contributed by atoms with Gasteiger partial charge in [0.05, 0.1) is 0 Å². The predicted molar refractivity (Wildman–Crippen MR) is 91.8 cm³/mol. The molecular formula is C19H24ClN. The Hall–Kier alpha value is -1.31. The summed E-state index contributed by atoms with van der Waals surface area (Å²) in [6.07, 6.45) is 1.88. The first kappa shape index (κ1) is 16.1. The van der Waals surface area contributed by atoms with E-state index in [9.17, 15) is 0 Å². The first-order valence-corrected chi connectivity index (χ1v) is 7.91. The van der Waals surface area contributed by atoms with E-state index < -0.39 is 0 Å².